The highest BCUT2D eigenvalue weighted by molar-refractivity contribution is 5.21. The summed E-state index contributed by atoms with van der Waals surface area (Å²) in [5, 5.41) is 4.33. The second-order valence-electron chi connectivity index (χ2n) is 5.65. The first kappa shape index (κ1) is 13.6. The molecule has 0 amide bonds. The fourth-order valence-electron chi connectivity index (χ4n) is 3.11. The van der Waals surface area contributed by atoms with Gasteiger partial charge in [0.15, 0.2) is 0 Å². The largest absolute Gasteiger partial charge is 0.329 e. The van der Waals surface area contributed by atoms with Gasteiger partial charge in [0.05, 0.1) is 12.2 Å². The van der Waals surface area contributed by atoms with Crippen molar-refractivity contribution in [3.8, 4) is 0 Å². The molecule has 2 N–H and O–H groups in total. The quantitative estimate of drug-likeness (QED) is 0.867. The average Bonchev–Trinajstić information content (AvgIpc) is 2.95. The normalized spacial score (nSPS) is 18.7. The van der Waals surface area contributed by atoms with E-state index in [1.54, 1.807) is 0 Å². The van der Waals surface area contributed by atoms with E-state index in [0.29, 0.717) is 12.6 Å². The van der Waals surface area contributed by atoms with Gasteiger partial charge in [-0.05, 0) is 32.7 Å². The molecule has 1 fully saturated rings. The highest BCUT2D eigenvalue weighted by Crippen LogP contribution is 2.28. The van der Waals surface area contributed by atoms with Crippen LogP contribution in [0.4, 0.5) is 0 Å². The van der Waals surface area contributed by atoms with Gasteiger partial charge in [0, 0.05) is 31.4 Å². The fraction of sp³-hybridized carbons (Fsp3) is 0.786. The molecule has 0 radical (unpaired) electrons. The molecule has 2 rings (SSSR count). The lowest BCUT2D eigenvalue weighted by Crippen LogP contribution is -2.34. The van der Waals surface area contributed by atoms with Crippen LogP contribution in [0.2, 0.25) is 0 Å². The van der Waals surface area contributed by atoms with Crippen molar-refractivity contribution in [3.05, 3.63) is 17.5 Å². The fourth-order valence-corrected chi connectivity index (χ4v) is 3.11. The van der Waals surface area contributed by atoms with Crippen LogP contribution in [0.3, 0.4) is 0 Å². The molecule has 1 atom stereocenters. The highest BCUT2D eigenvalue weighted by Gasteiger charge is 2.23. The van der Waals surface area contributed by atoms with Gasteiger partial charge in [0.1, 0.15) is 0 Å². The molecule has 1 aliphatic rings. The summed E-state index contributed by atoms with van der Waals surface area (Å²) >= 11 is 0. The third-order valence-electron chi connectivity index (χ3n) is 4.41. The molecule has 1 unspecified atom stereocenters. The second kappa shape index (κ2) is 5.85. The van der Waals surface area contributed by atoms with Crippen LogP contribution in [0.15, 0.2) is 6.20 Å². The van der Waals surface area contributed by atoms with Crippen molar-refractivity contribution in [2.24, 2.45) is 18.7 Å². The van der Waals surface area contributed by atoms with E-state index in [2.05, 4.69) is 24.0 Å². The van der Waals surface area contributed by atoms with Crippen molar-refractivity contribution in [1.29, 1.82) is 0 Å². The molecule has 1 heterocycles. The van der Waals surface area contributed by atoms with E-state index in [-0.39, 0.29) is 0 Å². The Labute approximate surface area is 110 Å². The van der Waals surface area contributed by atoms with E-state index in [1.165, 1.54) is 36.9 Å². The van der Waals surface area contributed by atoms with Crippen molar-refractivity contribution in [2.45, 2.75) is 38.6 Å². The molecular formula is C14H26N4. The van der Waals surface area contributed by atoms with Gasteiger partial charge in [-0.25, -0.2) is 0 Å². The molecule has 1 aromatic heterocycles. The number of nitrogens with two attached hydrogens (primary N) is 1. The van der Waals surface area contributed by atoms with E-state index >= 15 is 0 Å². The Morgan fingerprint density at radius 1 is 1.50 bits per heavy atom. The molecule has 0 bridgehead atoms. The zero-order valence-corrected chi connectivity index (χ0v) is 11.9. The Hall–Kier alpha value is -0.870. The van der Waals surface area contributed by atoms with Crippen LogP contribution in [0, 0.1) is 12.8 Å². The predicted molar refractivity (Wildman–Crippen MR) is 74.3 cm³/mol. The van der Waals surface area contributed by atoms with Gasteiger partial charge in [-0.2, -0.15) is 5.10 Å². The van der Waals surface area contributed by atoms with E-state index in [9.17, 15) is 0 Å². The van der Waals surface area contributed by atoms with E-state index in [4.69, 9.17) is 5.73 Å². The summed E-state index contributed by atoms with van der Waals surface area (Å²) in [6.45, 7) is 3.94. The first-order valence-electron chi connectivity index (χ1n) is 7.02. The molecule has 1 aromatic rings. The van der Waals surface area contributed by atoms with Gasteiger partial charge in [-0.15, -0.1) is 0 Å². The summed E-state index contributed by atoms with van der Waals surface area (Å²) in [5.41, 5.74) is 8.48. The first-order chi connectivity index (χ1) is 8.63. The van der Waals surface area contributed by atoms with E-state index in [0.717, 1.165) is 12.5 Å². The third-order valence-corrected chi connectivity index (χ3v) is 4.41. The standard InChI is InChI=1S/C14H26N4/c1-11-13(9-16-18(11)3)14(8-15)17(2)10-12-6-4-5-7-12/h9,12,14H,4-8,10,15H2,1-3H3. The van der Waals surface area contributed by atoms with Crippen LogP contribution in [0.5, 0.6) is 0 Å². The van der Waals surface area contributed by atoms with Gasteiger partial charge < -0.3 is 5.73 Å². The summed E-state index contributed by atoms with van der Waals surface area (Å²) in [6, 6.07) is 0.305. The molecule has 0 spiro atoms. The van der Waals surface area contributed by atoms with Crippen LogP contribution in [0.25, 0.3) is 0 Å². The van der Waals surface area contributed by atoms with Crippen LogP contribution < -0.4 is 5.73 Å². The summed E-state index contributed by atoms with van der Waals surface area (Å²) in [7, 11) is 4.19. The minimum absolute atomic E-state index is 0.305. The van der Waals surface area contributed by atoms with Gasteiger partial charge in [0.2, 0.25) is 0 Å². The average molecular weight is 250 g/mol. The summed E-state index contributed by atoms with van der Waals surface area (Å²) in [6.07, 6.45) is 7.54. The van der Waals surface area contributed by atoms with Gasteiger partial charge in [0.25, 0.3) is 0 Å². The predicted octanol–water partition coefficient (Wildman–Crippen LogP) is 1.85. The molecule has 1 aliphatic carbocycles. The number of aromatic nitrogens is 2. The Balaban J connectivity index is 2.05. The van der Waals surface area contributed by atoms with Crippen LogP contribution >= 0.6 is 0 Å². The topological polar surface area (TPSA) is 47.1 Å². The number of aryl methyl sites for hydroxylation is 1. The minimum Gasteiger partial charge on any atom is -0.329 e. The number of hydrogen-bond donors (Lipinski definition) is 1. The molecule has 18 heavy (non-hydrogen) atoms. The lowest BCUT2D eigenvalue weighted by molar-refractivity contribution is 0.212. The second-order valence-corrected chi connectivity index (χ2v) is 5.65. The number of hydrogen-bond acceptors (Lipinski definition) is 3. The monoisotopic (exact) mass is 250 g/mol. The Morgan fingerprint density at radius 2 is 2.17 bits per heavy atom. The van der Waals surface area contributed by atoms with Crippen molar-refractivity contribution >= 4 is 0 Å². The highest BCUT2D eigenvalue weighted by atomic mass is 15.3. The number of nitrogens with zero attached hydrogens (tertiary/aromatic N) is 3. The van der Waals surface area contributed by atoms with Gasteiger partial charge in [-0.3, -0.25) is 9.58 Å². The first-order valence-corrected chi connectivity index (χ1v) is 7.02. The molecular weight excluding hydrogens is 224 g/mol. The smallest absolute Gasteiger partial charge is 0.0540 e. The lowest BCUT2D eigenvalue weighted by atomic mass is 10.0. The molecule has 1 saturated carbocycles. The zero-order valence-electron chi connectivity index (χ0n) is 11.9. The van der Waals surface area contributed by atoms with Crippen molar-refractivity contribution in [3.63, 3.8) is 0 Å². The molecule has 0 aromatic carbocycles. The minimum atomic E-state index is 0.305. The third kappa shape index (κ3) is 2.75. The molecule has 102 valence electrons. The molecule has 0 saturated heterocycles. The van der Waals surface area contributed by atoms with Crippen LogP contribution in [-0.4, -0.2) is 34.8 Å². The molecule has 4 heteroatoms. The number of rotatable bonds is 5. The zero-order chi connectivity index (χ0) is 13.1. The molecule has 0 aliphatic heterocycles. The maximum Gasteiger partial charge on any atom is 0.0540 e. The maximum absolute atomic E-state index is 5.98. The van der Waals surface area contributed by atoms with Crippen LogP contribution in [-0.2, 0) is 7.05 Å². The molecule has 4 nitrogen and oxygen atoms in total. The van der Waals surface area contributed by atoms with E-state index in [1.807, 2.05) is 17.9 Å². The van der Waals surface area contributed by atoms with Crippen molar-refractivity contribution < 1.29 is 0 Å². The SMILES string of the molecule is Cc1c(C(CN)N(C)CC2CCCC2)cnn1C. The summed E-state index contributed by atoms with van der Waals surface area (Å²) in [4.78, 5) is 2.42. The van der Waals surface area contributed by atoms with Crippen molar-refractivity contribution in [2.75, 3.05) is 20.1 Å². The Morgan fingerprint density at radius 3 is 2.67 bits per heavy atom. The van der Waals surface area contributed by atoms with Gasteiger partial charge in [-0.1, -0.05) is 12.8 Å². The van der Waals surface area contributed by atoms with E-state index < -0.39 is 0 Å². The Bertz CT molecular complexity index is 379. The summed E-state index contributed by atoms with van der Waals surface area (Å²) < 4.78 is 1.93. The number of likely N-dealkylation sites (N-methyl/N-ethyl adjacent to an activating group) is 1. The van der Waals surface area contributed by atoms with Crippen molar-refractivity contribution in [1.82, 2.24) is 14.7 Å². The summed E-state index contributed by atoms with van der Waals surface area (Å²) in [5.74, 6) is 0.862. The van der Waals surface area contributed by atoms with Gasteiger partial charge >= 0.3 is 0 Å². The lowest BCUT2D eigenvalue weighted by Gasteiger charge is -2.29. The van der Waals surface area contributed by atoms with Crippen LogP contribution in [0.1, 0.15) is 43.0 Å². The maximum atomic E-state index is 5.98. The Kier molecular flexibility index (Phi) is 4.40.